The second-order valence-electron chi connectivity index (χ2n) is 8.66. The minimum Gasteiger partial charge on any atom is -0.491 e. The summed E-state index contributed by atoms with van der Waals surface area (Å²) >= 11 is 0. The van der Waals surface area contributed by atoms with Gasteiger partial charge in [-0.15, -0.1) is 0 Å². The van der Waals surface area contributed by atoms with Crippen LogP contribution in [0.2, 0.25) is 0 Å². The third-order valence-corrected chi connectivity index (χ3v) is 5.91. The lowest BCUT2D eigenvalue weighted by Crippen LogP contribution is -2.48. The molecule has 1 aromatic heterocycles. The van der Waals surface area contributed by atoms with Gasteiger partial charge in [0.25, 0.3) is 11.8 Å². The quantitative estimate of drug-likeness (QED) is 0.743. The first-order valence-corrected chi connectivity index (χ1v) is 11.3. The number of anilines is 1. The van der Waals surface area contributed by atoms with E-state index in [9.17, 15) is 14.4 Å². The Hall–Kier alpha value is -3.46. The smallest absolute Gasteiger partial charge is 0.272 e. The maximum Gasteiger partial charge on any atom is 0.272 e. The number of carbonyl (C=O) groups excluding carboxylic acids is 3. The van der Waals surface area contributed by atoms with Gasteiger partial charge >= 0.3 is 0 Å². The molecule has 1 aromatic carbocycles. The minimum absolute atomic E-state index is 0.0695. The third-order valence-electron chi connectivity index (χ3n) is 5.91. The van der Waals surface area contributed by atoms with Crippen LogP contribution in [-0.2, 0) is 9.53 Å². The molecule has 9 nitrogen and oxygen atoms in total. The van der Waals surface area contributed by atoms with Gasteiger partial charge in [0.05, 0.1) is 17.7 Å². The van der Waals surface area contributed by atoms with Gasteiger partial charge in [-0.25, -0.2) is 0 Å². The van der Waals surface area contributed by atoms with Crippen molar-refractivity contribution in [3.8, 4) is 5.75 Å². The number of ether oxygens (including phenoxy) is 2. The lowest BCUT2D eigenvalue weighted by molar-refractivity contribution is -0.114. The molecule has 0 radical (unpaired) electrons. The molecule has 0 saturated carbocycles. The molecule has 3 rings (SSSR count). The van der Waals surface area contributed by atoms with Gasteiger partial charge in [-0.05, 0) is 37.3 Å². The van der Waals surface area contributed by atoms with E-state index in [0.29, 0.717) is 35.8 Å². The number of fused-ring (bicyclic) bond motifs is 1. The number of nitrogens with zero attached hydrogens (tertiary/aromatic N) is 3. The molecule has 0 unspecified atom stereocenters. The number of amides is 3. The predicted octanol–water partition coefficient (Wildman–Crippen LogP) is 2.69. The SMILES string of the molecule is CO[C@@H]1CN(C)C(=O)c2cc(NC(C)=O)ccc2OC[C@H](C)N(C(=O)c2ccccn2)C[C@H]1C. The summed E-state index contributed by atoms with van der Waals surface area (Å²) in [5.41, 5.74) is 1.18. The molecule has 3 amide bonds. The molecule has 2 aromatic rings. The number of hydrogen-bond acceptors (Lipinski definition) is 6. The summed E-state index contributed by atoms with van der Waals surface area (Å²) in [7, 11) is 3.30. The number of pyridine rings is 1. The molecule has 0 aliphatic carbocycles. The Balaban J connectivity index is 1.99. The molecular weight excluding hydrogens is 436 g/mol. The van der Waals surface area contributed by atoms with Crippen LogP contribution < -0.4 is 10.1 Å². The highest BCUT2D eigenvalue weighted by atomic mass is 16.5. The zero-order valence-corrected chi connectivity index (χ0v) is 20.3. The Morgan fingerprint density at radius 3 is 2.59 bits per heavy atom. The summed E-state index contributed by atoms with van der Waals surface area (Å²) < 4.78 is 11.8. The number of nitrogens with one attached hydrogen (secondary N) is 1. The van der Waals surface area contributed by atoms with Crippen LogP contribution in [0.25, 0.3) is 0 Å². The predicted molar refractivity (Wildman–Crippen MR) is 128 cm³/mol. The highest BCUT2D eigenvalue weighted by molar-refractivity contribution is 5.99. The minimum atomic E-state index is -0.303. The molecular formula is C25H32N4O5. The van der Waals surface area contributed by atoms with Crippen LogP contribution in [0.15, 0.2) is 42.6 Å². The molecule has 0 spiro atoms. The van der Waals surface area contributed by atoms with Crippen molar-refractivity contribution in [3.63, 3.8) is 0 Å². The molecule has 182 valence electrons. The van der Waals surface area contributed by atoms with E-state index in [1.54, 1.807) is 66.6 Å². The van der Waals surface area contributed by atoms with Gasteiger partial charge in [0.2, 0.25) is 5.91 Å². The first-order chi connectivity index (χ1) is 16.2. The molecule has 0 bridgehead atoms. The molecule has 34 heavy (non-hydrogen) atoms. The van der Waals surface area contributed by atoms with Crippen molar-refractivity contribution in [1.29, 1.82) is 0 Å². The molecule has 9 heteroatoms. The van der Waals surface area contributed by atoms with Gasteiger partial charge in [-0.1, -0.05) is 13.0 Å². The van der Waals surface area contributed by atoms with Gasteiger partial charge < -0.3 is 24.6 Å². The van der Waals surface area contributed by atoms with Crippen molar-refractivity contribution >= 4 is 23.4 Å². The van der Waals surface area contributed by atoms with Crippen LogP contribution in [0.4, 0.5) is 5.69 Å². The van der Waals surface area contributed by atoms with Crippen LogP contribution in [-0.4, -0.2) is 78.5 Å². The van der Waals surface area contributed by atoms with Gasteiger partial charge in [0.1, 0.15) is 18.1 Å². The highest BCUT2D eigenvalue weighted by Gasteiger charge is 2.31. The maximum atomic E-state index is 13.3. The molecule has 3 atom stereocenters. The molecule has 1 aliphatic heterocycles. The third kappa shape index (κ3) is 5.91. The number of carbonyl (C=O) groups is 3. The van der Waals surface area contributed by atoms with E-state index in [1.807, 2.05) is 13.8 Å². The van der Waals surface area contributed by atoms with E-state index >= 15 is 0 Å². The van der Waals surface area contributed by atoms with E-state index < -0.39 is 0 Å². The first kappa shape index (κ1) is 25.2. The number of benzene rings is 1. The fraction of sp³-hybridized carbons (Fsp3) is 0.440. The summed E-state index contributed by atoms with van der Waals surface area (Å²) in [4.78, 5) is 45.7. The van der Waals surface area contributed by atoms with Crippen LogP contribution in [0.5, 0.6) is 5.75 Å². The van der Waals surface area contributed by atoms with Crippen molar-refractivity contribution in [3.05, 3.63) is 53.9 Å². The van der Waals surface area contributed by atoms with Crippen LogP contribution in [0.3, 0.4) is 0 Å². The van der Waals surface area contributed by atoms with Gasteiger partial charge in [0, 0.05) is 52.0 Å². The average molecular weight is 469 g/mol. The van der Waals surface area contributed by atoms with E-state index in [0.717, 1.165) is 0 Å². The number of hydrogen-bond donors (Lipinski definition) is 1. The standard InChI is InChI=1S/C25H32N4O5/c1-16-13-29(25(32)21-8-6-7-11-26-21)17(2)15-34-22-10-9-19(27-18(3)30)12-20(22)24(31)28(4)14-23(16)33-5/h6-12,16-17,23H,13-15H2,1-5H3,(H,27,30)/t16-,17+,23-/m1/s1. The van der Waals surface area contributed by atoms with E-state index in [2.05, 4.69) is 10.3 Å². The van der Waals surface area contributed by atoms with Crippen molar-refractivity contribution in [2.45, 2.75) is 32.9 Å². The number of likely N-dealkylation sites (N-methyl/N-ethyl adjacent to an activating group) is 1. The summed E-state index contributed by atoms with van der Waals surface area (Å²) in [5, 5.41) is 2.70. The van der Waals surface area contributed by atoms with Gasteiger partial charge in [0.15, 0.2) is 0 Å². The van der Waals surface area contributed by atoms with Crippen molar-refractivity contribution in [2.24, 2.45) is 5.92 Å². The van der Waals surface area contributed by atoms with Crippen molar-refractivity contribution in [1.82, 2.24) is 14.8 Å². The Morgan fingerprint density at radius 2 is 1.94 bits per heavy atom. The Labute approximate surface area is 200 Å². The maximum absolute atomic E-state index is 13.3. The largest absolute Gasteiger partial charge is 0.491 e. The first-order valence-electron chi connectivity index (χ1n) is 11.3. The molecule has 0 saturated heterocycles. The Morgan fingerprint density at radius 1 is 1.18 bits per heavy atom. The zero-order valence-electron chi connectivity index (χ0n) is 20.3. The number of methoxy groups -OCH3 is 1. The molecule has 0 fully saturated rings. The number of aromatic nitrogens is 1. The van der Waals surface area contributed by atoms with E-state index in [4.69, 9.17) is 9.47 Å². The second-order valence-corrected chi connectivity index (χ2v) is 8.66. The van der Waals surface area contributed by atoms with Crippen LogP contribution in [0.1, 0.15) is 41.6 Å². The second kappa shape index (κ2) is 11.1. The summed E-state index contributed by atoms with van der Waals surface area (Å²) in [6, 6.07) is 9.88. The normalized spacial score (nSPS) is 21.6. The Bertz CT molecular complexity index is 1030. The molecule has 2 heterocycles. The van der Waals surface area contributed by atoms with Crippen LogP contribution in [0, 0.1) is 5.92 Å². The van der Waals surface area contributed by atoms with E-state index in [1.165, 1.54) is 6.92 Å². The lowest BCUT2D eigenvalue weighted by Gasteiger charge is -2.36. The summed E-state index contributed by atoms with van der Waals surface area (Å²) in [5.74, 6) is -0.363. The topological polar surface area (TPSA) is 101 Å². The Kier molecular flexibility index (Phi) is 8.22. The monoisotopic (exact) mass is 468 g/mol. The summed E-state index contributed by atoms with van der Waals surface area (Å²) in [6.45, 7) is 6.21. The van der Waals surface area contributed by atoms with Crippen LogP contribution >= 0.6 is 0 Å². The van der Waals surface area contributed by atoms with Gasteiger partial charge in [-0.2, -0.15) is 0 Å². The highest BCUT2D eigenvalue weighted by Crippen LogP contribution is 2.26. The fourth-order valence-electron chi connectivity index (χ4n) is 3.98. The average Bonchev–Trinajstić information content (AvgIpc) is 2.83. The van der Waals surface area contributed by atoms with Gasteiger partial charge in [-0.3, -0.25) is 19.4 Å². The zero-order chi connectivity index (χ0) is 24.8. The molecule has 1 N–H and O–H groups in total. The van der Waals surface area contributed by atoms with Crippen molar-refractivity contribution in [2.75, 3.05) is 39.2 Å². The fourth-order valence-corrected chi connectivity index (χ4v) is 3.98. The summed E-state index contributed by atoms with van der Waals surface area (Å²) in [6.07, 6.45) is 1.29. The van der Waals surface area contributed by atoms with Crippen molar-refractivity contribution < 1.29 is 23.9 Å². The number of rotatable bonds is 3. The van der Waals surface area contributed by atoms with E-state index in [-0.39, 0.29) is 42.4 Å². The molecule has 1 aliphatic rings. The lowest BCUT2D eigenvalue weighted by atomic mass is 10.0.